The van der Waals surface area contributed by atoms with Crippen molar-refractivity contribution in [1.82, 2.24) is 15.3 Å². The summed E-state index contributed by atoms with van der Waals surface area (Å²) in [6.07, 6.45) is 0.487. The molecule has 2 aliphatic carbocycles. The number of carbonyl (C=O) groups excluding carboxylic acids is 2. The molecule has 1 fully saturated rings. The molecule has 3 N–H and O–H groups in total. The van der Waals surface area contributed by atoms with Crippen LogP contribution in [0.2, 0.25) is 0 Å². The van der Waals surface area contributed by atoms with Crippen LogP contribution < -0.4 is 14.9 Å². The molecule has 0 unspecified atom stereocenters. The summed E-state index contributed by atoms with van der Waals surface area (Å²) in [6.45, 7) is 0.228. The molecule has 2 aliphatic heterocycles. The summed E-state index contributed by atoms with van der Waals surface area (Å²) in [6, 6.07) is 20.7. The van der Waals surface area contributed by atoms with E-state index in [-0.39, 0.29) is 24.4 Å². The van der Waals surface area contributed by atoms with Gasteiger partial charge in [0.2, 0.25) is 0 Å². The van der Waals surface area contributed by atoms with Crippen LogP contribution in [-0.4, -0.2) is 75.7 Å². The van der Waals surface area contributed by atoms with Gasteiger partial charge >= 0.3 is 24.1 Å². The predicted octanol–water partition coefficient (Wildman–Crippen LogP) is 4.07. The molecule has 45 heavy (non-hydrogen) atoms. The van der Waals surface area contributed by atoms with Crippen LogP contribution in [0.4, 0.5) is 9.59 Å². The van der Waals surface area contributed by atoms with Crippen LogP contribution in [0.15, 0.2) is 84.9 Å². The first kappa shape index (κ1) is 28.4. The number of nitrogens with zero attached hydrogens (tertiary/aromatic N) is 2. The third-order valence-corrected chi connectivity index (χ3v) is 9.20. The van der Waals surface area contributed by atoms with Crippen molar-refractivity contribution < 1.29 is 43.6 Å². The molecule has 2 amide bonds. The molecule has 0 saturated carbocycles. The van der Waals surface area contributed by atoms with E-state index in [2.05, 4.69) is 0 Å². The molecule has 3 aromatic carbocycles. The van der Waals surface area contributed by atoms with Crippen LogP contribution in [0.1, 0.15) is 38.3 Å². The first-order valence-electron chi connectivity index (χ1n) is 14.5. The molecule has 7 rings (SSSR count). The van der Waals surface area contributed by atoms with Crippen molar-refractivity contribution in [3.8, 4) is 11.5 Å². The van der Waals surface area contributed by atoms with Crippen molar-refractivity contribution in [2.45, 2.75) is 36.5 Å². The molecule has 12 heteroatoms. The van der Waals surface area contributed by atoms with Gasteiger partial charge < -0.3 is 24.4 Å². The number of nitrogens with one attached hydrogen (secondary N) is 1. The summed E-state index contributed by atoms with van der Waals surface area (Å²) in [5, 5.41) is 19.5. The normalized spacial score (nSPS) is 25.3. The highest BCUT2D eigenvalue weighted by Crippen LogP contribution is 2.63. The minimum atomic E-state index is -1.48. The lowest BCUT2D eigenvalue weighted by Crippen LogP contribution is -2.67. The zero-order valence-electron chi connectivity index (χ0n) is 23.9. The number of ether oxygens (including phenoxy) is 3. The lowest BCUT2D eigenvalue weighted by Gasteiger charge is -2.57. The van der Waals surface area contributed by atoms with Crippen molar-refractivity contribution in [2.24, 2.45) is 5.92 Å². The first-order valence-corrected chi connectivity index (χ1v) is 14.5. The Bertz CT molecular complexity index is 1710. The maximum Gasteiger partial charge on any atom is 0.427 e. The number of rotatable bonds is 6. The number of likely N-dealkylation sites (tertiary alicyclic amines) is 1. The number of hydrogen-bond donors (Lipinski definition) is 3. The van der Waals surface area contributed by atoms with E-state index in [0.717, 1.165) is 11.1 Å². The fourth-order valence-corrected chi connectivity index (χ4v) is 7.40. The monoisotopic (exact) mass is 611 g/mol. The van der Waals surface area contributed by atoms with E-state index in [9.17, 15) is 29.4 Å². The molecule has 2 bridgehead atoms. The van der Waals surface area contributed by atoms with Crippen molar-refractivity contribution in [3.05, 3.63) is 107 Å². The standard InChI is InChI=1S/C33H29N3O9/c37-29(19-7-3-1-4-8-19)43-24-13-11-21-17-23-22-12-14-25(44-30(38)20-9-5-2-6-10-20)28-33(22,26(21)27(24)45-28)15-16-35(23)18-36(32(41)42)34-31(39)40/h1-14,22-23,25,28,34H,15-18H2,(H,39,40)(H,41,42)/t22-,23+,25-,28-,33-/m0/s1. The predicted molar refractivity (Wildman–Crippen MR) is 157 cm³/mol. The topological polar surface area (TPSA) is 155 Å². The maximum atomic E-state index is 13.2. The molecule has 3 aromatic rings. The van der Waals surface area contributed by atoms with Gasteiger partial charge in [-0.15, -0.1) is 0 Å². The molecular weight excluding hydrogens is 582 g/mol. The Morgan fingerprint density at radius 2 is 1.62 bits per heavy atom. The van der Waals surface area contributed by atoms with Crippen LogP contribution in [0.3, 0.4) is 0 Å². The Morgan fingerprint density at radius 1 is 0.933 bits per heavy atom. The van der Waals surface area contributed by atoms with Gasteiger partial charge in [0.25, 0.3) is 0 Å². The average Bonchev–Trinajstić information content (AvgIpc) is 3.39. The van der Waals surface area contributed by atoms with Crippen molar-refractivity contribution in [1.29, 1.82) is 0 Å². The van der Waals surface area contributed by atoms with Crippen LogP contribution in [-0.2, 0) is 16.6 Å². The Balaban J connectivity index is 1.27. The largest absolute Gasteiger partial charge is 0.481 e. The second kappa shape index (κ2) is 11.0. The number of carboxylic acid groups (broad SMARTS) is 2. The second-order valence-electron chi connectivity index (χ2n) is 11.5. The molecule has 0 aromatic heterocycles. The van der Waals surface area contributed by atoms with E-state index in [1.54, 1.807) is 54.6 Å². The van der Waals surface area contributed by atoms with Crippen molar-refractivity contribution in [2.75, 3.05) is 13.2 Å². The molecule has 4 aliphatic rings. The van der Waals surface area contributed by atoms with Gasteiger partial charge in [0.05, 0.1) is 17.8 Å². The number of benzene rings is 3. The van der Waals surface area contributed by atoms with Crippen LogP contribution >= 0.6 is 0 Å². The van der Waals surface area contributed by atoms with E-state index in [0.29, 0.717) is 41.3 Å². The van der Waals surface area contributed by atoms with Crippen LogP contribution in [0, 0.1) is 5.92 Å². The van der Waals surface area contributed by atoms with Gasteiger partial charge in [-0.1, -0.05) is 48.5 Å². The molecule has 1 spiro atoms. The lowest BCUT2D eigenvalue weighted by atomic mass is 9.53. The van der Waals surface area contributed by atoms with Gasteiger partial charge in [-0.25, -0.2) is 29.6 Å². The SMILES string of the molecule is O=C(O)NN(CN1CC[C@]23c4c5ccc(OC(=O)c6ccccc6)c4O[C@H]2[C@@H](OC(=O)c2ccccc2)C=C[C@H]3[C@H]1C5)C(=O)O. The minimum Gasteiger partial charge on any atom is -0.481 e. The zero-order valence-corrected chi connectivity index (χ0v) is 23.9. The number of hydrazine groups is 1. The summed E-state index contributed by atoms with van der Waals surface area (Å²) in [7, 11) is 0. The van der Waals surface area contributed by atoms with Crippen LogP contribution in [0.25, 0.3) is 0 Å². The summed E-state index contributed by atoms with van der Waals surface area (Å²) in [5.41, 5.74) is 3.90. The first-order chi connectivity index (χ1) is 21.8. The molecule has 230 valence electrons. The number of amides is 2. The van der Waals surface area contributed by atoms with Gasteiger partial charge in [-0.3, -0.25) is 4.90 Å². The van der Waals surface area contributed by atoms with Gasteiger partial charge in [0.15, 0.2) is 17.6 Å². The third-order valence-electron chi connectivity index (χ3n) is 9.20. The Morgan fingerprint density at radius 3 is 2.29 bits per heavy atom. The summed E-state index contributed by atoms with van der Waals surface area (Å²) in [4.78, 5) is 51.4. The smallest absolute Gasteiger partial charge is 0.427 e. The van der Waals surface area contributed by atoms with Gasteiger partial charge in [-0.05, 0) is 54.8 Å². The maximum absolute atomic E-state index is 13.2. The molecule has 1 saturated heterocycles. The molecule has 5 atom stereocenters. The quantitative estimate of drug-likeness (QED) is 0.161. The number of carbonyl (C=O) groups is 4. The minimum absolute atomic E-state index is 0.181. The van der Waals surface area contributed by atoms with Gasteiger partial charge in [0.1, 0.15) is 6.10 Å². The van der Waals surface area contributed by atoms with Crippen molar-refractivity contribution in [3.63, 3.8) is 0 Å². The zero-order chi connectivity index (χ0) is 31.3. The summed E-state index contributed by atoms with van der Waals surface area (Å²) in [5.74, 6) is -0.535. The Kier molecular flexibility index (Phi) is 6.93. The van der Waals surface area contributed by atoms with Crippen molar-refractivity contribution >= 4 is 24.1 Å². The van der Waals surface area contributed by atoms with E-state index in [1.165, 1.54) is 0 Å². The molecule has 2 heterocycles. The fraction of sp³-hybridized carbons (Fsp3) is 0.273. The Labute approximate surface area is 257 Å². The fourth-order valence-electron chi connectivity index (χ4n) is 7.40. The van der Waals surface area contributed by atoms with Crippen LogP contribution in [0.5, 0.6) is 11.5 Å². The summed E-state index contributed by atoms with van der Waals surface area (Å²) < 4.78 is 18.6. The highest BCUT2D eigenvalue weighted by Gasteiger charge is 2.65. The summed E-state index contributed by atoms with van der Waals surface area (Å²) >= 11 is 0. The third kappa shape index (κ3) is 4.74. The average molecular weight is 612 g/mol. The molecule has 12 nitrogen and oxygen atoms in total. The lowest BCUT2D eigenvalue weighted by molar-refractivity contribution is -0.0708. The number of esters is 2. The molecular formula is C33H29N3O9. The van der Waals surface area contributed by atoms with E-state index >= 15 is 0 Å². The van der Waals surface area contributed by atoms with E-state index < -0.39 is 41.7 Å². The number of hydrogen-bond acceptors (Lipinski definition) is 8. The number of piperidine rings is 1. The molecule has 0 radical (unpaired) electrons. The highest BCUT2D eigenvalue weighted by atomic mass is 16.6. The van der Waals surface area contributed by atoms with Gasteiger partial charge in [0, 0.05) is 29.5 Å². The van der Waals surface area contributed by atoms with Gasteiger partial charge in [-0.2, -0.15) is 0 Å². The van der Waals surface area contributed by atoms with E-state index in [1.807, 2.05) is 40.7 Å². The Hall–Kier alpha value is -5.36. The second-order valence-corrected chi connectivity index (χ2v) is 11.5. The highest BCUT2D eigenvalue weighted by molar-refractivity contribution is 5.91. The van der Waals surface area contributed by atoms with E-state index in [4.69, 9.17) is 14.2 Å².